The SMILES string of the molecule is CC(C)N1CCN(CCC(=O)N2CCN(c3ncnc4c3[C@H](C)C[C@H]4O)CC2)CC1. The highest BCUT2D eigenvalue weighted by molar-refractivity contribution is 5.76. The average Bonchev–Trinajstić information content (AvgIpc) is 3.06. The fourth-order valence-electron chi connectivity index (χ4n) is 5.04. The van der Waals surface area contributed by atoms with E-state index in [1.165, 1.54) is 0 Å². The van der Waals surface area contributed by atoms with Crippen molar-refractivity contribution in [3.63, 3.8) is 0 Å². The molecule has 30 heavy (non-hydrogen) atoms. The lowest BCUT2D eigenvalue weighted by atomic mass is 10.1. The van der Waals surface area contributed by atoms with Gasteiger partial charge >= 0.3 is 0 Å². The normalized spacial score (nSPS) is 25.8. The van der Waals surface area contributed by atoms with Crippen LogP contribution in [0.4, 0.5) is 5.82 Å². The lowest BCUT2D eigenvalue weighted by Gasteiger charge is -2.38. The van der Waals surface area contributed by atoms with Gasteiger partial charge in [0.15, 0.2) is 0 Å². The highest BCUT2D eigenvalue weighted by Gasteiger charge is 2.34. The molecule has 0 saturated carbocycles. The molecule has 0 bridgehead atoms. The molecule has 8 heteroatoms. The van der Waals surface area contributed by atoms with Crippen LogP contribution in [0, 0.1) is 0 Å². The van der Waals surface area contributed by atoms with Crippen molar-refractivity contribution in [1.29, 1.82) is 0 Å². The second kappa shape index (κ2) is 9.16. The Morgan fingerprint density at radius 2 is 1.80 bits per heavy atom. The van der Waals surface area contributed by atoms with E-state index in [1.807, 2.05) is 4.90 Å². The van der Waals surface area contributed by atoms with E-state index in [4.69, 9.17) is 0 Å². The van der Waals surface area contributed by atoms with Gasteiger partial charge in [-0.25, -0.2) is 9.97 Å². The van der Waals surface area contributed by atoms with E-state index in [0.717, 1.165) is 76.0 Å². The van der Waals surface area contributed by atoms with Gasteiger partial charge in [0.05, 0.1) is 11.8 Å². The second-order valence-corrected chi connectivity index (χ2v) is 9.24. The number of hydrogen-bond acceptors (Lipinski definition) is 7. The summed E-state index contributed by atoms with van der Waals surface area (Å²) in [5.41, 5.74) is 1.87. The Balaban J connectivity index is 1.26. The molecular weight excluding hydrogens is 380 g/mol. The first-order valence-corrected chi connectivity index (χ1v) is 11.5. The van der Waals surface area contributed by atoms with Gasteiger partial charge in [-0.2, -0.15) is 0 Å². The third-order valence-electron chi connectivity index (χ3n) is 6.99. The van der Waals surface area contributed by atoms with E-state index in [-0.39, 0.29) is 11.8 Å². The third kappa shape index (κ3) is 4.45. The fraction of sp³-hybridized carbons (Fsp3) is 0.773. The first-order chi connectivity index (χ1) is 14.4. The van der Waals surface area contributed by atoms with Gasteiger partial charge in [0.25, 0.3) is 0 Å². The van der Waals surface area contributed by atoms with Crippen molar-refractivity contribution in [2.75, 3.05) is 63.8 Å². The molecule has 1 aromatic heterocycles. The molecule has 1 aromatic rings. The lowest BCUT2D eigenvalue weighted by molar-refractivity contribution is -0.132. The Morgan fingerprint density at radius 3 is 2.47 bits per heavy atom. The first kappa shape index (κ1) is 21.5. The molecule has 8 nitrogen and oxygen atoms in total. The van der Waals surface area contributed by atoms with Gasteiger partial charge in [0.2, 0.25) is 5.91 Å². The van der Waals surface area contributed by atoms with Crippen LogP contribution in [-0.4, -0.2) is 101 Å². The number of carbonyl (C=O) groups is 1. The predicted molar refractivity (Wildman–Crippen MR) is 117 cm³/mol. The number of piperazine rings is 2. The molecule has 2 fully saturated rings. The van der Waals surface area contributed by atoms with Crippen molar-refractivity contribution in [2.24, 2.45) is 0 Å². The molecule has 0 spiro atoms. The summed E-state index contributed by atoms with van der Waals surface area (Å²) in [6.45, 7) is 14.8. The average molecular weight is 417 g/mol. The van der Waals surface area contributed by atoms with Crippen LogP contribution in [0.3, 0.4) is 0 Å². The van der Waals surface area contributed by atoms with Gasteiger partial charge in [-0.05, 0) is 26.2 Å². The second-order valence-electron chi connectivity index (χ2n) is 9.24. The van der Waals surface area contributed by atoms with Crippen LogP contribution in [0.25, 0.3) is 0 Å². The number of anilines is 1. The molecule has 1 amide bonds. The fourth-order valence-corrected chi connectivity index (χ4v) is 5.04. The number of aliphatic hydroxyl groups excluding tert-OH is 1. The van der Waals surface area contributed by atoms with Crippen molar-refractivity contribution < 1.29 is 9.90 Å². The van der Waals surface area contributed by atoms with E-state index in [1.54, 1.807) is 6.33 Å². The van der Waals surface area contributed by atoms with E-state index < -0.39 is 6.10 Å². The van der Waals surface area contributed by atoms with Crippen molar-refractivity contribution >= 4 is 11.7 Å². The van der Waals surface area contributed by atoms with Crippen LogP contribution in [0.15, 0.2) is 6.33 Å². The summed E-state index contributed by atoms with van der Waals surface area (Å²) in [6.07, 6.45) is 2.40. The minimum absolute atomic E-state index is 0.262. The van der Waals surface area contributed by atoms with E-state index in [0.29, 0.717) is 18.9 Å². The Hall–Kier alpha value is -1.77. The standard InChI is InChI=1S/C22H36N6O2/c1-16(2)26-8-6-25(7-9-26)5-4-19(30)27-10-12-28(13-11-27)22-20-17(3)14-18(29)21(20)23-15-24-22/h15-18,29H,4-14H2,1-3H3/t17-,18-/m1/s1. The molecule has 2 aliphatic heterocycles. The van der Waals surface area contributed by atoms with Crippen LogP contribution in [0.2, 0.25) is 0 Å². The molecule has 0 unspecified atom stereocenters. The molecule has 3 heterocycles. The topological polar surface area (TPSA) is 76.0 Å². The number of aromatic nitrogens is 2. The summed E-state index contributed by atoms with van der Waals surface area (Å²) in [5.74, 6) is 1.47. The molecule has 2 saturated heterocycles. The van der Waals surface area contributed by atoms with Crippen LogP contribution in [0.5, 0.6) is 0 Å². The largest absolute Gasteiger partial charge is 0.387 e. The Kier molecular flexibility index (Phi) is 6.55. The van der Waals surface area contributed by atoms with Crippen LogP contribution >= 0.6 is 0 Å². The molecule has 4 rings (SSSR count). The van der Waals surface area contributed by atoms with Gasteiger partial charge < -0.3 is 19.8 Å². The van der Waals surface area contributed by atoms with Gasteiger partial charge in [-0.3, -0.25) is 9.69 Å². The summed E-state index contributed by atoms with van der Waals surface area (Å²) >= 11 is 0. The zero-order valence-corrected chi connectivity index (χ0v) is 18.6. The van der Waals surface area contributed by atoms with Crippen LogP contribution < -0.4 is 4.90 Å². The summed E-state index contributed by atoms with van der Waals surface area (Å²) in [5, 5.41) is 10.2. The molecule has 2 atom stereocenters. The number of rotatable bonds is 5. The number of aliphatic hydroxyl groups is 1. The maximum atomic E-state index is 12.8. The van der Waals surface area contributed by atoms with Crippen LogP contribution in [-0.2, 0) is 4.79 Å². The van der Waals surface area contributed by atoms with E-state index in [9.17, 15) is 9.90 Å². The zero-order valence-electron chi connectivity index (χ0n) is 18.6. The van der Waals surface area contributed by atoms with Crippen molar-refractivity contribution in [1.82, 2.24) is 24.7 Å². The molecule has 0 aromatic carbocycles. The first-order valence-electron chi connectivity index (χ1n) is 11.5. The van der Waals surface area contributed by atoms with Crippen molar-refractivity contribution in [2.45, 2.75) is 51.7 Å². The van der Waals surface area contributed by atoms with Gasteiger partial charge in [-0.15, -0.1) is 0 Å². The lowest BCUT2D eigenvalue weighted by Crippen LogP contribution is -2.51. The molecule has 0 radical (unpaired) electrons. The van der Waals surface area contributed by atoms with Gasteiger partial charge in [-0.1, -0.05) is 6.92 Å². The number of hydrogen-bond donors (Lipinski definition) is 1. The number of nitrogens with zero attached hydrogens (tertiary/aromatic N) is 6. The monoisotopic (exact) mass is 416 g/mol. The van der Waals surface area contributed by atoms with Gasteiger partial charge in [0.1, 0.15) is 12.1 Å². The number of carbonyl (C=O) groups excluding carboxylic acids is 1. The number of amides is 1. The van der Waals surface area contributed by atoms with E-state index >= 15 is 0 Å². The molecule has 1 aliphatic carbocycles. The van der Waals surface area contributed by atoms with Crippen LogP contribution in [0.1, 0.15) is 56.9 Å². The maximum Gasteiger partial charge on any atom is 0.223 e. The minimum atomic E-state index is -0.484. The summed E-state index contributed by atoms with van der Waals surface area (Å²) in [4.78, 5) is 30.8. The molecular formula is C22H36N6O2. The summed E-state index contributed by atoms with van der Waals surface area (Å²) < 4.78 is 0. The highest BCUT2D eigenvalue weighted by Crippen LogP contribution is 2.42. The minimum Gasteiger partial charge on any atom is -0.387 e. The van der Waals surface area contributed by atoms with E-state index in [2.05, 4.69) is 45.4 Å². The van der Waals surface area contributed by atoms with Crippen molar-refractivity contribution in [3.05, 3.63) is 17.6 Å². The smallest absolute Gasteiger partial charge is 0.223 e. The molecule has 1 N–H and O–H groups in total. The highest BCUT2D eigenvalue weighted by atomic mass is 16.3. The number of fused-ring (bicyclic) bond motifs is 1. The molecule has 3 aliphatic rings. The Morgan fingerprint density at radius 1 is 1.10 bits per heavy atom. The predicted octanol–water partition coefficient (Wildman–Crippen LogP) is 1.08. The molecule has 166 valence electrons. The summed E-state index contributed by atoms with van der Waals surface area (Å²) in [6, 6.07) is 0.604. The third-order valence-corrected chi connectivity index (χ3v) is 6.99. The summed E-state index contributed by atoms with van der Waals surface area (Å²) in [7, 11) is 0. The van der Waals surface area contributed by atoms with Crippen molar-refractivity contribution in [3.8, 4) is 0 Å². The maximum absolute atomic E-state index is 12.8. The van der Waals surface area contributed by atoms with Gasteiger partial charge in [0, 0.05) is 76.9 Å². The zero-order chi connectivity index (χ0) is 21.3. The Bertz CT molecular complexity index is 741. The Labute approximate surface area is 179 Å². The quantitative estimate of drug-likeness (QED) is 0.770.